The third kappa shape index (κ3) is 4.29. The molecule has 0 N–H and O–H groups in total. The Labute approximate surface area is 105 Å². The first kappa shape index (κ1) is 13.1. The molecule has 0 aliphatic rings. The summed E-state index contributed by atoms with van der Waals surface area (Å²) in [5.41, 5.74) is 0.161. The van der Waals surface area contributed by atoms with Crippen molar-refractivity contribution < 1.29 is 9.53 Å². The summed E-state index contributed by atoms with van der Waals surface area (Å²) >= 11 is 7.22. The Balaban J connectivity index is 2.51. The van der Waals surface area contributed by atoms with Crippen LogP contribution in [-0.2, 0) is 9.53 Å². The van der Waals surface area contributed by atoms with E-state index in [1.165, 1.54) is 11.8 Å². The van der Waals surface area contributed by atoms with E-state index in [1.807, 2.05) is 19.1 Å². The Hall–Kier alpha value is -0.930. The van der Waals surface area contributed by atoms with E-state index in [1.54, 1.807) is 19.1 Å². The molecule has 86 valence electrons. The largest absolute Gasteiger partial charge is 0.448 e. The predicted molar refractivity (Wildman–Crippen MR) is 67.7 cm³/mol. The first-order chi connectivity index (χ1) is 7.49. The molecule has 0 aliphatic heterocycles. The fourth-order valence-corrected chi connectivity index (χ4v) is 1.92. The number of esters is 1. The van der Waals surface area contributed by atoms with Gasteiger partial charge in [0.25, 0.3) is 0 Å². The maximum atomic E-state index is 11.2. The summed E-state index contributed by atoms with van der Waals surface area (Å²) in [5.74, 6) is -0.367. The zero-order valence-electron chi connectivity index (χ0n) is 9.20. The van der Waals surface area contributed by atoms with Gasteiger partial charge >= 0.3 is 5.97 Å². The van der Waals surface area contributed by atoms with E-state index in [2.05, 4.69) is 6.58 Å². The van der Waals surface area contributed by atoms with E-state index in [4.69, 9.17) is 16.3 Å². The molecule has 0 fully saturated rings. The third-order valence-electron chi connectivity index (χ3n) is 1.74. The number of hydrogen-bond donors (Lipinski definition) is 0. The highest BCUT2D eigenvalue weighted by molar-refractivity contribution is 7.99. The number of hydrogen-bond acceptors (Lipinski definition) is 3. The van der Waals surface area contributed by atoms with Gasteiger partial charge in [0.1, 0.15) is 5.44 Å². The van der Waals surface area contributed by atoms with Crippen LogP contribution in [0.3, 0.4) is 0 Å². The summed E-state index contributed by atoms with van der Waals surface area (Å²) in [7, 11) is 0. The van der Waals surface area contributed by atoms with Crippen LogP contribution >= 0.6 is 23.4 Å². The summed E-state index contributed by atoms with van der Waals surface area (Å²) in [5, 5.41) is 0.691. The summed E-state index contributed by atoms with van der Waals surface area (Å²) in [6.07, 6.45) is 0. The van der Waals surface area contributed by atoms with E-state index in [0.717, 1.165) is 4.90 Å². The SMILES string of the molecule is C=C(C)C(=O)OC(C)Sc1ccc(Cl)cc1. The molecule has 1 aromatic rings. The van der Waals surface area contributed by atoms with Crippen LogP contribution in [0, 0.1) is 0 Å². The van der Waals surface area contributed by atoms with Crippen LogP contribution in [0.2, 0.25) is 5.02 Å². The summed E-state index contributed by atoms with van der Waals surface area (Å²) in [4.78, 5) is 12.2. The Kier molecular flexibility index (Phi) is 4.90. The van der Waals surface area contributed by atoms with Gasteiger partial charge in [0, 0.05) is 15.5 Å². The maximum absolute atomic E-state index is 11.2. The highest BCUT2D eigenvalue weighted by Gasteiger charge is 2.10. The van der Waals surface area contributed by atoms with Gasteiger partial charge < -0.3 is 4.74 Å². The molecule has 0 saturated heterocycles. The molecule has 2 nitrogen and oxygen atoms in total. The van der Waals surface area contributed by atoms with Gasteiger partial charge in [0.2, 0.25) is 0 Å². The average Bonchev–Trinajstić information content (AvgIpc) is 2.21. The fourth-order valence-electron chi connectivity index (χ4n) is 0.980. The molecule has 1 rings (SSSR count). The average molecular weight is 257 g/mol. The van der Waals surface area contributed by atoms with Crippen LogP contribution in [0.1, 0.15) is 13.8 Å². The van der Waals surface area contributed by atoms with Crippen molar-refractivity contribution in [2.75, 3.05) is 0 Å². The van der Waals surface area contributed by atoms with Crippen molar-refractivity contribution in [3.63, 3.8) is 0 Å². The highest BCUT2D eigenvalue weighted by atomic mass is 35.5. The van der Waals surface area contributed by atoms with Gasteiger partial charge in [-0.2, -0.15) is 0 Å². The number of thioether (sulfide) groups is 1. The molecule has 0 bridgehead atoms. The Morgan fingerprint density at radius 1 is 1.44 bits per heavy atom. The zero-order valence-corrected chi connectivity index (χ0v) is 10.8. The van der Waals surface area contributed by atoms with E-state index in [-0.39, 0.29) is 11.4 Å². The second kappa shape index (κ2) is 5.97. The second-order valence-electron chi connectivity index (χ2n) is 3.33. The topological polar surface area (TPSA) is 26.3 Å². The standard InChI is InChI=1S/C12H13ClO2S/c1-8(2)12(14)15-9(3)16-11-6-4-10(13)5-7-11/h4-7,9H,1H2,2-3H3. The number of carbonyl (C=O) groups is 1. The zero-order chi connectivity index (χ0) is 12.1. The minimum absolute atomic E-state index is 0.245. The monoisotopic (exact) mass is 256 g/mol. The van der Waals surface area contributed by atoms with Gasteiger partial charge in [-0.1, -0.05) is 29.9 Å². The number of benzene rings is 1. The lowest BCUT2D eigenvalue weighted by Crippen LogP contribution is -2.11. The first-order valence-corrected chi connectivity index (χ1v) is 6.03. The lowest BCUT2D eigenvalue weighted by atomic mass is 10.4. The Bertz CT molecular complexity index is 387. The van der Waals surface area contributed by atoms with E-state index in [9.17, 15) is 4.79 Å². The number of rotatable bonds is 4. The van der Waals surface area contributed by atoms with Crippen LogP contribution in [0.15, 0.2) is 41.3 Å². The normalized spacial score (nSPS) is 11.9. The molecule has 0 saturated carbocycles. The van der Waals surface area contributed by atoms with E-state index in [0.29, 0.717) is 10.6 Å². The van der Waals surface area contributed by atoms with Crippen LogP contribution < -0.4 is 0 Å². The molecule has 4 heteroatoms. The summed E-state index contributed by atoms with van der Waals surface area (Å²) < 4.78 is 5.14. The van der Waals surface area contributed by atoms with Crippen molar-refractivity contribution in [1.82, 2.24) is 0 Å². The van der Waals surface area contributed by atoms with Crippen molar-refractivity contribution in [1.29, 1.82) is 0 Å². The van der Waals surface area contributed by atoms with Gasteiger partial charge in [0.05, 0.1) is 0 Å². The van der Waals surface area contributed by atoms with Gasteiger partial charge in [-0.3, -0.25) is 0 Å². The van der Waals surface area contributed by atoms with Crippen molar-refractivity contribution in [2.45, 2.75) is 24.2 Å². The molecule has 16 heavy (non-hydrogen) atoms. The smallest absolute Gasteiger partial charge is 0.334 e. The third-order valence-corrected chi connectivity index (χ3v) is 2.96. The summed E-state index contributed by atoms with van der Waals surface area (Å²) in [6.45, 7) is 6.97. The molecular formula is C12H13ClO2S. The molecule has 0 radical (unpaired) electrons. The second-order valence-corrected chi connectivity index (χ2v) is 5.13. The van der Waals surface area contributed by atoms with Crippen LogP contribution in [0.5, 0.6) is 0 Å². The highest BCUT2D eigenvalue weighted by Crippen LogP contribution is 2.25. The minimum Gasteiger partial charge on any atom is -0.448 e. The number of ether oxygens (including phenoxy) is 1. The molecule has 1 aromatic carbocycles. The maximum Gasteiger partial charge on any atom is 0.334 e. The van der Waals surface area contributed by atoms with Gasteiger partial charge in [0.15, 0.2) is 0 Å². The van der Waals surface area contributed by atoms with Crippen LogP contribution in [-0.4, -0.2) is 11.4 Å². The Morgan fingerprint density at radius 3 is 2.50 bits per heavy atom. The van der Waals surface area contributed by atoms with Crippen molar-refractivity contribution in [3.05, 3.63) is 41.4 Å². The predicted octanol–water partition coefficient (Wildman–Crippen LogP) is 3.90. The minimum atomic E-state index is -0.367. The molecule has 1 unspecified atom stereocenters. The van der Waals surface area contributed by atoms with Crippen molar-refractivity contribution >= 4 is 29.3 Å². The number of carbonyl (C=O) groups excluding carboxylic acids is 1. The van der Waals surface area contributed by atoms with Crippen LogP contribution in [0.25, 0.3) is 0 Å². The summed E-state index contributed by atoms with van der Waals surface area (Å²) in [6, 6.07) is 7.38. The molecule has 1 atom stereocenters. The van der Waals surface area contributed by atoms with Gasteiger partial charge in [-0.25, -0.2) is 4.79 Å². The van der Waals surface area contributed by atoms with E-state index < -0.39 is 0 Å². The lowest BCUT2D eigenvalue weighted by molar-refractivity contribution is -0.139. The lowest BCUT2D eigenvalue weighted by Gasteiger charge is -2.12. The quantitative estimate of drug-likeness (QED) is 0.354. The van der Waals surface area contributed by atoms with Crippen molar-refractivity contribution in [3.8, 4) is 0 Å². The van der Waals surface area contributed by atoms with Gasteiger partial charge in [-0.05, 0) is 38.1 Å². The fraction of sp³-hybridized carbons (Fsp3) is 0.250. The molecule has 0 aromatic heterocycles. The molecular weight excluding hydrogens is 244 g/mol. The molecule has 0 spiro atoms. The first-order valence-electron chi connectivity index (χ1n) is 4.78. The van der Waals surface area contributed by atoms with Gasteiger partial charge in [-0.15, -0.1) is 0 Å². The molecule has 0 amide bonds. The van der Waals surface area contributed by atoms with Crippen LogP contribution in [0.4, 0.5) is 0 Å². The number of halogens is 1. The molecule has 0 heterocycles. The van der Waals surface area contributed by atoms with Crippen molar-refractivity contribution in [2.24, 2.45) is 0 Å². The van der Waals surface area contributed by atoms with E-state index >= 15 is 0 Å². The Morgan fingerprint density at radius 2 is 2.00 bits per heavy atom. The molecule has 0 aliphatic carbocycles.